The molecule has 784 valence electrons. The number of carboxylic acid groups (broad SMARTS) is 5. The molecule has 0 spiro atoms. The van der Waals surface area contributed by atoms with Crippen LogP contribution in [0.15, 0.2) is 115 Å². The van der Waals surface area contributed by atoms with Gasteiger partial charge in [-0.1, -0.05) is 54.9 Å². The molecule has 0 amide bonds. The van der Waals surface area contributed by atoms with Gasteiger partial charge in [0.2, 0.25) is 0 Å². The molecule has 0 saturated carbocycles. The van der Waals surface area contributed by atoms with Gasteiger partial charge in [-0.2, -0.15) is 0 Å². The highest BCUT2D eigenvalue weighted by Gasteiger charge is 2.30. The Hall–Kier alpha value is -14.5. The third kappa shape index (κ3) is 22.5. The average molecular weight is 2030 g/mol. The number of rotatable bonds is 27. The van der Waals surface area contributed by atoms with Crippen molar-refractivity contribution in [2.45, 2.75) is 188 Å². The van der Waals surface area contributed by atoms with Gasteiger partial charge in [-0.05, 0) is 318 Å². The van der Waals surface area contributed by atoms with Gasteiger partial charge >= 0.3 is 29.8 Å². The van der Waals surface area contributed by atoms with Gasteiger partial charge in [-0.25, -0.2) is 32.8 Å². The second-order valence-electron chi connectivity index (χ2n) is 39.4. The standard InChI is InChI=1S/C24H28FN3O3.C24H29N3O4.C24H31N3O3.C22H27N3O3.C21H24FN3O3/c1-4-15-11-19(24(30)31)23(29)26-21(15)18-12-16-10-17(13-28-8-6-5-7-9-28)27(3)22(16)20(25)14(18)2;1-5-16-11-20(24(29)30)23(28)25-21(16)19-12-17-10-18(13-27-6-8-31-9-7-27)26(4)22(17)15(3)14(19)2;1-7-16-11-20(24(29)30)23(28)25-21(16)19-12-17-10-18(13-27(8-2)9-3)26(6)22(17)15(5)14(19)4;1-7-14-9-18(22(27)28)21(26)23-19(14)17-10-15-8-16(11-24(4)5)25(6)20(15)13(3)12(17)2;1-6-12-8-16(21(27)28)20(26)23-18(12)15-9-13-7-14(10-24(3)4)25(5)19(13)17(22)11(15)2/h10-12H,4-9,13H2,1-3H3,(H,26,29)(H,30,31);10-12H,5-9,13H2,1-4H3,(H,25,28)(H,29,30);10-12H,7-9,13H2,1-6H3,(H,25,28)(H,29,30);8-10H,7,11H2,1-6H3,(H,23,26)(H,27,28);7-9H,6,10H2,1-5H3,(H,23,26)(H,27,28). The van der Waals surface area contributed by atoms with Crippen LogP contribution in [0, 0.1) is 67.0 Å². The van der Waals surface area contributed by atoms with E-state index in [9.17, 15) is 73.5 Å². The van der Waals surface area contributed by atoms with Crippen molar-refractivity contribution in [1.29, 1.82) is 0 Å². The SMILES string of the molecule is CCc1cc(C(=O)O)c(=O)[nH]c1-c1cc2cc(CN(C)C)n(C)c2c(C)c1C.CCc1cc(C(=O)O)c(=O)[nH]c1-c1cc2cc(CN(C)C)n(C)c2c(F)c1C.CCc1cc(C(=O)O)c(=O)[nH]c1-c1cc2cc(CN(CC)CC)n(C)c2c(C)c1C.CCc1cc(C(=O)O)c(=O)[nH]c1-c1cc2cc(CN3CCCCC3)n(C)c2c(F)c1C.CCc1cc(C(=O)O)c(=O)[nH]c1-c1cc2cc(CN3CCOCC3)n(C)c2c(C)c1C. The number of H-pyrrole nitrogens is 5. The van der Waals surface area contributed by atoms with Gasteiger partial charge < -0.3 is 87.8 Å². The normalized spacial score (nSPS) is 13.0. The molecule has 15 aromatic rings. The van der Waals surface area contributed by atoms with Crippen LogP contribution in [-0.4, -0.2) is 208 Å². The lowest BCUT2D eigenvalue weighted by Gasteiger charge is -2.26. The second kappa shape index (κ2) is 46.3. The molecule has 12 heterocycles. The Labute approximate surface area is 858 Å². The molecule has 31 nitrogen and oxygen atoms in total. The molecular formula is C115H139F2N15O16. The minimum atomic E-state index is -1.28. The molecule has 148 heavy (non-hydrogen) atoms. The Morgan fingerprint density at radius 3 is 0.797 bits per heavy atom. The number of hydrogen-bond acceptors (Lipinski definition) is 16. The van der Waals surface area contributed by atoms with E-state index < -0.39 is 57.6 Å². The van der Waals surface area contributed by atoms with E-state index in [0.29, 0.717) is 112 Å². The molecule has 10 aromatic heterocycles. The first-order valence-electron chi connectivity index (χ1n) is 50.5. The maximum absolute atomic E-state index is 15.5. The molecule has 0 atom stereocenters. The number of piperidine rings is 1. The van der Waals surface area contributed by atoms with Crippen LogP contribution in [0.1, 0.15) is 220 Å². The number of benzene rings is 5. The highest BCUT2D eigenvalue weighted by atomic mass is 19.1. The fraction of sp³-hybridized carbons (Fsp3) is 0.391. The molecule has 0 bridgehead atoms. The fourth-order valence-electron chi connectivity index (χ4n) is 20.9. The maximum atomic E-state index is 15.5. The summed E-state index contributed by atoms with van der Waals surface area (Å²) in [5.41, 5.74) is 24.5. The zero-order valence-corrected chi connectivity index (χ0v) is 89.5. The van der Waals surface area contributed by atoms with Gasteiger partial charge in [0, 0.05) is 164 Å². The molecule has 0 unspecified atom stereocenters. The molecule has 10 N–H and O–H groups in total. The van der Waals surface area contributed by atoms with Crippen LogP contribution in [0.3, 0.4) is 0 Å². The molecule has 33 heteroatoms. The summed E-state index contributed by atoms with van der Waals surface area (Å²) in [6.45, 7) is 41.4. The number of fused-ring (bicyclic) bond motifs is 5. The van der Waals surface area contributed by atoms with E-state index in [-0.39, 0.29) is 39.5 Å². The summed E-state index contributed by atoms with van der Waals surface area (Å²) in [7, 11) is 18.0. The van der Waals surface area contributed by atoms with Crippen molar-refractivity contribution in [3.8, 4) is 56.3 Å². The molecule has 5 aromatic carbocycles. The summed E-state index contributed by atoms with van der Waals surface area (Å²) in [6, 6.07) is 28.0. The van der Waals surface area contributed by atoms with Crippen molar-refractivity contribution in [3.05, 3.63) is 283 Å². The molecule has 2 aliphatic rings. The van der Waals surface area contributed by atoms with Crippen molar-refractivity contribution in [2.75, 3.05) is 80.7 Å². The van der Waals surface area contributed by atoms with Crippen molar-refractivity contribution in [1.82, 2.24) is 72.3 Å². The van der Waals surface area contributed by atoms with E-state index in [2.05, 4.69) is 164 Å². The van der Waals surface area contributed by atoms with E-state index >= 15 is 8.78 Å². The summed E-state index contributed by atoms with van der Waals surface area (Å²) < 4.78 is 46.8. The number of aryl methyl sites for hydroxylation is 13. The quantitative estimate of drug-likeness (QED) is 0.0229. The third-order valence-corrected chi connectivity index (χ3v) is 29.7. The number of aromatic nitrogens is 10. The number of morpholine rings is 1. The van der Waals surface area contributed by atoms with Crippen LogP contribution < -0.4 is 27.8 Å². The highest BCUT2D eigenvalue weighted by molar-refractivity contribution is 5.98. The number of carbonyl (C=O) groups is 5. The first kappa shape index (κ1) is 111. The third-order valence-electron chi connectivity index (χ3n) is 29.7. The van der Waals surface area contributed by atoms with E-state index in [0.717, 1.165) is 178 Å². The Kier molecular flexibility index (Phi) is 34.6. The molecule has 0 radical (unpaired) electrons. The molecule has 2 saturated heterocycles. The minimum absolute atomic E-state index is 0.215. The van der Waals surface area contributed by atoms with Gasteiger partial charge in [0.15, 0.2) is 11.6 Å². The number of likely N-dealkylation sites (tertiary alicyclic amines) is 1. The lowest BCUT2D eigenvalue weighted by atomic mass is 9.94. The number of nitrogens with one attached hydrogen (secondary N) is 5. The van der Waals surface area contributed by atoms with E-state index in [1.165, 1.54) is 88.8 Å². The second-order valence-corrected chi connectivity index (χ2v) is 39.4. The van der Waals surface area contributed by atoms with E-state index in [1.54, 1.807) is 13.8 Å². The number of pyridine rings is 5. The van der Waals surface area contributed by atoms with Crippen molar-refractivity contribution in [2.24, 2.45) is 35.2 Å². The predicted octanol–water partition coefficient (Wildman–Crippen LogP) is 18.5. The van der Waals surface area contributed by atoms with Crippen LogP contribution in [0.5, 0.6) is 0 Å². The number of nitrogens with zero attached hydrogens (tertiary/aromatic N) is 10. The first-order valence-corrected chi connectivity index (χ1v) is 50.5. The number of carboxylic acids is 5. The van der Waals surface area contributed by atoms with E-state index in [1.807, 2.05) is 122 Å². The van der Waals surface area contributed by atoms with Crippen LogP contribution in [0.25, 0.3) is 111 Å². The number of ether oxygens (including phenoxy) is 1. The van der Waals surface area contributed by atoms with Crippen LogP contribution in [0.4, 0.5) is 8.78 Å². The lowest BCUT2D eigenvalue weighted by molar-refractivity contribution is 0.0333. The summed E-state index contributed by atoms with van der Waals surface area (Å²) in [5.74, 6) is -6.83. The summed E-state index contributed by atoms with van der Waals surface area (Å²) in [6.07, 6.45) is 6.56. The lowest BCUT2D eigenvalue weighted by Crippen LogP contribution is -2.36. The minimum Gasteiger partial charge on any atom is -0.477 e. The Morgan fingerprint density at radius 1 is 0.311 bits per heavy atom. The maximum Gasteiger partial charge on any atom is 0.341 e. The van der Waals surface area contributed by atoms with Gasteiger partial charge in [0.25, 0.3) is 27.8 Å². The number of aromatic carboxylic acids is 5. The van der Waals surface area contributed by atoms with Crippen molar-refractivity contribution in [3.63, 3.8) is 0 Å². The van der Waals surface area contributed by atoms with Crippen LogP contribution >= 0.6 is 0 Å². The van der Waals surface area contributed by atoms with Crippen LogP contribution in [-0.2, 0) is 105 Å². The van der Waals surface area contributed by atoms with Gasteiger partial charge in [-0.3, -0.25) is 38.7 Å². The largest absolute Gasteiger partial charge is 0.477 e. The molecule has 2 fully saturated rings. The van der Waals surface area contributed by atoms with Crippen molar-refractivity contribution >= 4 is 84.4 Å². The monoisotopic (exact) mass is 2020 g/mol. The molecule has 17 rings (SSSR count). The average Bonchev–Trinajstić information content (AvgIpc) is 1.55. The number of aromatic amines is 5. The Bertz CT molecular complexity index is 7670. The number of halogens is 2. The summed E-state index contributed by atoms with van der Waals surface area (Å²) in [5, 5.41) is 51.2. The topological polar surface area (TPSA) is 401 Å². The summed E-state index contributed by atoms with van der Waals surface area (Å²) in [4.78, 5) is 144. The predicted molar refractivity (Wildman–Crippen MR) is 581 cm³/mol. The first-order chi connectivity index (χ1) is 70.1. The zero-order chi connectivity index (χ0) is 108. The van der Waals surface area contributed by atoms with Crippen LogP contribution in [0.2, 0.25) is 0 Å². The molecular weight excluding hydrogens is 1890 g/mol. The van der Waals surface area contributed by atoms with Gasteiger partial charge in [0.1, 0.15) is 27.8 Å². The Morgan fingerprint density at radius 2 is 0.541 bits per heavy atom. The van der Waals surface area contributed by atoms with Crippen molar-refractivity contribution < 1.29 is 63.0 Å². The fourth-order valence-corrected chi connectivity index (χ4v) is 20.9. The zero-order valence-electron chi connectivity index (χ0n) is 89.5. The smallest absolute Gasteiger partial charge is 0.341 e. The van der Waals surface area contributed by atoms with Gasteiger partial charge in [0.05, 0.1) is 69.3 Å². The highest BCUT2D eigenvalue weighted by Crippen LogP contribution is 2.42. The Balaban J connectivity index is 0.000000155. The summed E-state index contributed by atoms with van der Waals surface area (Å²) >= 11 is 0. The molecule has 2 aliphatic heterocycles. The molecule has 0 aliphatic carbocycles. The number of hydrogen-bond donors (Lipinski definition) is 10. The van der Waals surface area contributed by atoms with E-state index in [4.69, 9.17) is 4.74 Å². The van der Waals surface area contributed by atoms with Gasteiger partial charge in [-0.15, -0.1) is 0 Å².